The first kappa shape index (κ1) is 70.1. The van der Waals surface area contributed by atoms with E-state index < -0.39 is 36.4 Å². The van der Waals surface area contributed by atoms with Crippen molar-refractivity contribution in [2.24, 2.45) is 0 Å². The van der Waals surface area contributed by atoms with E-state index in [9.17, 15) is 39.5 Å². The van der Waals surface area contributed by atoms with Crippen LogP contribution in [-0.4, -0.2) is 190 Å². The molecule has 0 spiro atoms. The second-order valence-electron chi connectivity index (χ2n) is 15.6. The molecule has 0 aliphatic rings. The summed E-state index contributed by atoms with van der Waals surface area (Å²) in [4.78, 5) is 36.6. The molecule has 4 aromatic rings. The van der Waals surface area contributed by atoms with E-state index in [0.29, 0.717) is 11.5 Å². The monoisotopic (exact) mass is 1230 g/mol. The average molecular weight is 1230 g/mol. The highest BCUT2D eigenvalue weighted by atomic mass is 32.9. The predicted molar refractivity (Wildman–Crippen MR) is 288 cm³/mol. The first-order chi connectivity index (χ1) is 35.2. The van der Waals surface area contributed by atoms with Gasteiger partial charge in [-0.3, -0.25) is 0 Å². The van der Waals surface area contributed by atoms with Gasteiger partial charge in [-0.05, 0) is 97.0 Å². The number of carboxylic acids is 3. The zero-order chi connectivity index (χ0) is 58.8. The van der Waals surface area contributed by atoms with Gasteiger partial charge in [-0.1, -0.05) is 20.7 Å². The fraction of sp³-hybridized carbons (Fsp3) is 0.533. The number of carbonyl (C=O) groups is 3. The van der Waals surface area contributed by atoms with Gasteiger partial charge in [0.2, 0.25) is 0 Å². The SMILES string of the molecule is COc1c(SC)c(CCN(C)C)c2ssc3c(CCN(C)C)c(SC)c(OC)c(OC)c3sc3c(OC)c(OC)c(SC)c(CCN(C)C)c3sc2c1OC.O=C(O)C(F)(F)F.O=C(O)C(F)(F)F.O=C(O)C(F)(F)F. The molecular weight excluding hydrogens is 1170 g/mol. The number of thioether (sulfide) groups is 3. The zero-order valence-corrected chi connectivity index (χ0v) is 49.6. The Bertz CT molecular complexity index is 2660. The van der Waals surface area contributed by atoms with Crippen LogP contribution in [0.25, 0.3) is 28.2 Å². The normalized spacial score (nSPS) is 11.5. The fourth-order valence-corrected chi connectivity index (χ4v) is 15.1. The molecule has 1 aromatic heterocycles. The number of alkyl halides is 9. The lowest BCUT2D eigenvalue weighted by atomic mass is 10.1. The van der Waals surface area contributed by atoms with E-state index in [1.165, 1.54) is 21.4 Å². The number of carboxylic acid groups (broad SMARTS) is 3. The highest BCUT2D eigenvalue weighted by molar-refractivity contribution is 7.99. The van der Waals surface area contributed by atoms with Gasteiger partial charge in [0.15, 0.2) is 34.5 Å². The Morgan fingerprint density at radius 3 is 0.789 bits per heavy atom. The van der Waals surface area contributed by atoms with Crippen LogP contribution in [0.3, 0.4) is 0 Å². The van der Waals surface area contributed by atoms with Gasteiger partial charge in [0.05, 0.1) is 85.5 Å². The minimum Gasteiger partial charge on any atom is -0.492 e. The molecule has 76 heavy (non-hydrogen) atoms. The summed E-state index contributed by atoms with van der Waals surface area (Å²) in [6.45, 7) is 2.59. The quantitative estimate of drug-likeness (QED) is 0.0486. The van der Waals surface area contributed by atoms with Gasteiger partial charge in [0.1, 0.15) is 0 Å². The lowest BCUT2D eigenvalue weighted by Gasteiger charge is -2.22. The molecule has 0 unspecified atom stereocenters. The number of methoxy groups -OCH3 is 6. The van der Waals surface area contributed by atoms with Crippen molar-refractivity contribution in [1.29, 1.82) is 0 Å². The molecule has 3 N–H and O–H groups in total. The minimum atomic E-state index is -5.08. The van der Waals surface area contributed by atoms with Crippen molar-refractivity contribution < 1.29 is 97.6 Å². The summed E-state index contributed by atoms with van der Waals surface area (Å²) in [6.07, 6.45) is -6.45. The van der Waals surface area contributed by atoms with E-state index >= 15 is 0 Å². The molecule has 0 atom stereocenters. The summed E-state index contributed by atoms with van der Waals surface area (Å²) in [5, 5.41) is 21.4. The van der Waals surface area contributed by atoms with E-state index in [0.717, 1.165) is 100 Å². The molecule has 15 nitrogen and oxygen atoms in total. The Morgan fingerprint density at radius 1 is 0.408 bits per heavy atom. The second kappa shape index (κ2) is 31.6. The second-order valence-corrected chi connectivity index (χ2v) is 22.3. The predicted octanol–water partition coefficient (Wildman–Crippen LogP) is 12.1. The fourth-order valence-electron chi connectivity index (χ4n) is 6.36. The largest absolute Gasteiger partial charge is 0.492 e. The molecule has 0 fully saturated rings. The van der Waals surface area contributed by atoms with Crippen molar-refractivity contribution in [2.75, 3.05) is 123 Å². The van der Waals surface area contributed by atoms with Crippen LogP contribution in [0.1, 0.15) is 16.7 Å². The molecule has 0 radical (unpaired) electrons. The Labute approximate surface area is 461 Å². The van der Waals surface area contributed by atoms with Crippen LogP contribution in [0.15, 0.2) is 14.7 Å². The number of hydrogen-bond acceptors (Lipinski definition) is 19. The molecule has 1 heterocycles. The zero-order valence-electron chi connectivity index (χ0n) is 43.9. The van der Waals surface area contributed by atoms with E-state index in [1.54, 1.807) is 121 Å². The molecule has 0 aliphatic heterocycles. The summed E-state index contributed by atoms with van der Waals surface area (Å²) in [5.74, 6) is -3.92. The Kier molecular flexibility index (Phi) is 29.1. The number of aliphatic carboxylic acids is 3. The van der Waals surface area contributed by atoms with Crippen LogP contribution < -0.4 is 28.4 Å². The summed E-state index contributed by atoms with van der Waals surface area (Å²) in [6, 6.07) is 0. The number of benzene rings is 3. The molecule has 0 aliphatic carbocycles. The van der Waals surface area contributed by atoms with Crippen molar-refractivity contribution in [1.82, 2.24) is 14.7 Å². The van der Waals surface area contributed by atoms with Gasteiger partial charge in [-0.15, -0.1) is 58.0 Å². The highest BCUT2D eigenvalue weighted by Crippen LogP contribution is 2.56. The van der Waals surface area contributed by atoms with Gasteiger partial charge in [-0.2, -0.15) is 39.5 Å². The number of halogens is 9. The first-order valence-electron chi connectivity index (χ1n) is 21.3. The van der Waals surface area contributed by atoms with Crippen LogP contribution >= 0.6 is 78.6 Å². The smallest absolute Gasteiger partial charge is 0.490 e. The van der Waals surface area contributed by atoms with Gasteiger partial charge in [0.25, 0.3) is 0 Å². The van der Waals surface area contributed by atoms with E-state index in [4.69, 9.17) is 58.1 Å². The van der Waals surface area contributed by atoms with E-state index in [-0.39, 0.29) is 0 Å². The molecule has 0 saturated heterocycles. The summed E-state index contributed by atoms with van der Waals surface area (Å²) < 4.78 is 139. The molecular formula is C45H60F9N3O12S7. The average Bonchev–Trinajstić information content (AvgIpc) is 3.33. The maximum Gasteiger partial charge on any atom is 0.490 e. The standard InChI is InChI=1S/C39H57N3O6S7.3C2HF3O2/c1-40(2)19-16-22-31(49-13)25(43-7)28(46-10)37-34(22)52-38-29(47-11)26(44-8)32(50-14)23(17-20-41(3)4)35(38)54-55-36-24(18-21-42(5)6)33(51-15)27(45-9)30(48-12)39(36)53-37;3*3-2(4,5)1(6)7/h16-21H2,1-15H3;3*(H,6,7). The van der Waals surface area contributed by atoms with Gasteiger partial charge >= 0.3 is 36.4 Å². The maximum atomic E-state index is 10.6. The van der Waals surface area contributed by atoms with E-state index in [2.05, 4.69) is 75.8 Å². The lowest BCUT2D eigenvalue weighted by Crippen LogP contribution is -2.21. The number of hydrogen-bond donors (Lipinski definition) is 3. The lowest BCUT2D eigenvalue weighted by molar-refractivity contribution is -0.193. The third-order valence-corrected chi connectivity index (χ3v) is 17.6. The summed E-state index contributed by atoms with van der Waals surface area (Å²) >= 11 is 8.49. The molecule has 31 heteroatoms. The van der Waals surface area contributed by atoms with Crippen LogP contribution in [0.2, 0.25) is 0 Å². The van der Waals surface area contributed by atoms with Gasteiger partial charge < -0.3 is 58.4 Å². The Hall–Kier alpha value is -3.95. The number of nitrogens with zero attached hydrogens (tertiary/aromatic N) is 3. The Balaban J connectivity index is 0.00000115. The third kappa shape index (κ3) is 19.2. The van der Waals surface area contributed by atoms with Gasteiger partial charge in [0, 0.05) is 19.6 Å². The molecule has 0 amide bonds. The number of rotatable bonds is 18. The third-order valence-electron chi connectivity index (χ3n) is 9.73. The molecule has 3 aromatic carbocycles. The highest BCUT2D eigenvalue weighted by Gasteiger charge is 2.39. The van der Waals surface area contributed by atoms with Gasteiger partial charge in [-0.25, -0.2) is 14.4 Å². The molecule has 0 bridgehead atoms. The maximum absolute atomic E-state index is 10.6. The Morgan fingerprint density at radius 2 is 0.605 bits per heavy atom. The summed E-state index contributed by atoms with van der Waals surface area (Å²) in [5.41, 5.74) is 3.67. The van der Waals surface area contributed by atoms with Crippen molar-refractivity contribution >= 4 is 125 Å². The van der Waals surface area contributed by atoms with E-state index in [1.807, 2.05) is 0 Å². The van der Waals surface area contributed by atoms with Crippen molar-refractivity contribution in [2.45, 2.75) is 52.5 Å². The molecule has 4 rings (SSSR count). The molecule has 432 valence electrons. The minimum absolute atomic E-state index is 0.683. The van der Waals surface area contributed by atoms with Crippen LogP contribution in [-0.2, 0) is 33.6 Å². The number of likely N-dealkylation sites (N-methyl/N-ethyl adjacent to an activating group) is 3. The van der Waals surface area contributed by atoms with Crippen LogP contribution in [0, 0.1) is 0 Å². The van der Waals surface area contributed by atoms with Crippen molar-refractivity contribution in [3.05, 3.63) is 16.7 Å². The molecule has 0 saturated carbocycles. The number of ether oxygens (including phenoxy) is 6. The van der Waals surface area contributed by atoms with Crippen LogP contribution in [0.4, 0.5) is 39.5 Å². The summed E-state index contributed by atoms with van der Waals surface area (Å²) in [7, 11) is 26.7. The number of fused-ring (bicyclic) bond motifs is 3. The topological polar surface area (TPSA) is 177 Å². The first-order valence-corrected chi connectivity index (χ1v) is 28.8. The van der Waals surface area contributed by atoms with Crippen LogP contribution in [0.5, 0.6) is 34.5 Å². The van der Waals surface area contributed by atoms with Crippen molar-refractivity contribution in [3.8, 4) is 34.5 Å². The van der Waals surface area contributed by atoms with Crippen molar-refractivity contribution in [3.63, 3.8) is 0 Å².